The van der Waals surface area contributed by atoms with Gasteiger partial charge in [0, 0.05) is 6.42 Å². The molecule has 0 aromatic heterocycles. The van der Waals surface area contributed by atoms with Gasteiger partial charge >= 0.3 is 7.82 Å². The standard InChI is InChI=1S/C64H121N2O6P/c1-6-8-10-12-14-16-18-20-22-24-26-28-30-31-32-33-34-35-36-38-40-42-44-46-48-50-52-54-56-58-64(68)65-62(61-72-73(69,70)71-60-59-66(3,4)5)63(67)57-55-53-51-49-47-45-43-41-39-37-29-27-25-23-21-19-17-15-13-11-9-7-2/h18,20,24,26,30-31,47,49,55,57,62-63,67H,6-17,19,21-23,25,27-29,32-46,48,50-54,56,58-61H2,1-5H3,(H-,65,68,69,70)/p+1/b20-18-,26-24-,31-30-,49-47+,57-55+. The molecule has 3 unspecified atom stereocenters. The molecule has 0 heterocycles. The van der Waals surface area contributed by atoms with Crippen LogP contribution in [-0.2, 0) is 18.4 Å². The monoisotopic (exact) mass is 1050 g/mol. The number of carbonyl (C=O) groups excluding carboxylic acids is 1. The molecule has 0 spiro atoms. The lowest BCUT2D eigenvalue weighted by atomic mass is 10.0. The molecule has 0 fully saturated rings. The number of rotatable bonds is 57. The Kier molecular flexibility index (Phi) is 53.6. The highest BCUT2D eigenvalue weighted by Crippen LogP contribution is 2.43. The molecule has 0 saturated heterocycles. The molecule has 3 N–H and O–H groups in total. The first-order chi connectivity index (χ1) is 35.5. The van der Waals surface area contributed by atoms with Crippen LogP contribution in [0.5, 0.6) is 0 Å². The quantitative estimate of drug-likeness (QED) is 0.0243. The van der Waals surface area contributed by atoms with Gasteiger partial charge in [-0.15, -0.1) is 0 Å². The molecule has 0 aliphatic heterocycles. The van der Waals surface area contributed by atoms with E-state index in [0.717, 1.165) is 51.4 Å². The summed E-state index contributed by atoms with van der Waals surface area (Å²) in [6.45, 7) is 4.81. The van der Waals surface area contributed by atoms with E-state index in [1.165, 1.54) is 218 Å². The molecule has 0 aromatic carbocycles. The van der Waals surface area contributed by atoms with E-state index >= 15 is 0 Å². The van der Waals surface area contributed by atoms with Gasteiger partial charge in [0.2, 0.25) is 5.91 Å². The van der Waals surface area contributed by atoms with Gasteiger partial charge in [-0.05, 0) is 70.6 Å². The number of phosphoric ester groups is 1. The summed E-state index contributed by atoms with van der Waals surface area (Å²) in [6, 6.07) is -0.866. The molecule has 0 aromatic rings. The lowest BCUT2D eigenvalue weighted by molar-refractivity contribution is -0.870. The number of hydrogen-bond donors (Lipinski definition) is 3. The van der Waals surface area contributed by atoms with Gasteiger partial charge in [0.25, 0.3) is 0 Å². The van der Waals surface area contributed by atoms with Gasteiger partial charge in [-0.25, -0.2) is 4.57 Å². The van der Waals surface area contributed by atoms with Gasteiger partial charge < -0.3 is 19.8 Å². The zero-order valence-corrected chi connectivity index (χ0v) is 49.8. The maximum absolute atomic E-state index is 13.0. The molecule has 8 nitrogen and oxygen atoms in total. The molecule has 9 heteroatoms. The number of aliphatic hydroxyl groups excluding tert-OH is 1. The van der Waals surface area contributed by atoms with Crippen LogP contribution in [0.4, 0.5) is 0 Å². The highest BCUT2D eigenvalue weighted by molar-refractivity contribution is 7.47. The number of phosphoric acid groups is 1. The Bertz CT molecular complexity index is 1370. The third kappa shape index (κ3) is 57.7. The molecule has 428 valence electrons. The van der Waals surface area contributed by atoms with Gasteiger partial charge in [-0.1, -0.05) is 274 Å². The Labute approximate surface area is 453 Å². The number of allylic oxidation sites excluding steroid dienone is 9. The number of amides is 1. The Balaban J connectivity index is 4.18. The summed E-state index contributed by atoms with van der Waals surface area (Å²) in [5, 5.41) is 13.9. The maximum atomic E-state index is 13.0. The number of hydrogen-bond acceptors (Lipinski definition) is 5. The first kappa shape index (κ1) is 71.2. The Hall–Kier alpha value is -1.80. The van der Waals surface area contributed by atoms with Crippen molar-refractivity contribution in [1.82, 2.24) is 5.32 Å². The summed E-state index contributed by atoms with van der Waals surface area (Å²) in [6.07, 6.45) is 74.8. The third-order valence-corrected chi connectivity index (χ3v) is 14.9. The number of likely N-dealkylation sites (N-methyl/N-ethyl adjacent to an activating group) is 1. The van der Waals surface area contributed by atoms with Crippen molar-refractivity contribution in [2.24, 2.45) is 0 Å². The lowest BCUT2D eigenvalue weighted by Gasteiger charge is -2.25. The SMILES string of the molecule is CCCCCCC/C=C\C/C=C\C/C=C\CCCCCCCCCCCCCCCCC(=O)NC(COP(=O)(O)OCC[N+](C)(C)C)C(O)/C=C/CC/C=C/CCCCCCCCCCCCCCCCCC. The average molecular weight is 1050 g/mol. The third-order valence-electron chi connectivity index (χ3n) is 14.0. The topological polar surface area (TPSA) is 105 Å². The Morgan fingerprint density at radius 2 is 0.795 bits per heavy atom. The Morgan fingerprint density at radius 3 is 1.19 bits per heavy atom. The van der Waals surface area contributed by atoms with Crippen LogP contribution in [0.15, 0.2) is 60.8 Å². The van der Waals surface area contributed by atoms with E-state index in [1.807, 2.05) is 27.2 Å². The van der Waals surface area contributed by atoms with Crippen LogP contribution in [0.3, 0.4) is 0 Å². The van der Waals surface area contributed by atoms with Crippen molar-refractivity contribution in [3.8, 4) is 0 Å². The Morgan fingerprint density at radius 1 is 0.466 bits per heavy atom. The summed E-state index contributed by atoms with van der Waals surface area (Å²) in [5.41, 5.74) is 0. The highest BCUT2D eigenvalue weighted by atomic mass is 31.2. The zero-order valence-electron chi connectivity index (χ0n) is 48.9. The summed E-state index contributed by atoms with van der Waals surface area (Å²) < 4.78 is 23.7. The maximum Gasteiger partial charge on any atom is 0.472 e. The molecule has 0 aliphatic carbocycles. The normalized spacial score (nSPS) is 14.2. The fourth-order valence-electron chi connectivity index (χ4n) is 9.07. The first-order valence-corrected chi connectivity index (χ1v) is 32.7. The predicted octanol–water partition coefficient (Wildman–Crippen LogP) is 19.3. The van der Waals surface area contributed by atoms with E-state index in [1.54, 1.807) is 6.08 Å². The van der Waals surface area contributed by atoms with Crippen LogP contribution in [0.25, 0.3) is 0 Å². The molecular weight excluding hydrogens is 924 g/mol. The first-order valence-electron chi connectivity index (χ1n) is 31.2. The van der Waals surface area contributed by atoms with Crippen LogP contribution < -0.4 is 5.32 Å². The second kappa shape index (κ2) is 55.0. The summed E-state index contributed by atoms with van der Waals surface area (Å²) in [5.74, 6) is -0.186. The van der Waals surface area contributed by atoms with Crippen molar-refractivity contribution >= 4 is 13.7 Å². The van der Waals surface area contributed by atoms with Crippen molar-refractivity contribution in [2.45, 2.75) is 302 Å². The van der Waals surface area contributed by atoms with Crippen molar-refractivity contribution in [1.29, 1.82) is 0 Å². The van der Waals surface area contributed by atoms with E-state index in [2.05, 4.69) is 67.8 Å². The fraction of sp³-hybridized carbons (Fsp3) is 0.828. The molecule has 0 aliphatic rings. The van der Waals surface area contributed by atoms with Crippen molar-refractivity contribution in [3.05, 3.63) is 60.8 Å². The largest absolute Gasteiger partial charge is 0.472 e. The average Bonchev–Trinajstić information content (AvgIpc) is 3.35. The molecule has 1 amide bonds. The minimum atomic E-state index is -4.36. The van der Waals surface area contributed by atoms with Crippen LogP contribution in [-0.4, -0.2) is 73.4 Å². The fourth-order valence-corrected chi connectivity index (χ4v) is 9.80. The molecule has 0 bridgehead atoms. The summed E-state index contributed by atoms with van der Waals surface area (Å²) in [7, 11) is 1.56. The molecule has 0 saturated carbocycles. The van der Waals surface area contributed by atoms with Crippen molar-refractivity contribution < 1.29 is 32.9 Å². The van der Waals surface area contributed by atoms with Crippen molar-refractivity contribution in [2.75, 3.05) is 40.9 Å². The smallest absolute Gasteiger partial charge is 0.387 e. The van der Waals surface area contributed by atoms with Crippen molar-refractivity contribution in [3.63, 3.8) is 0 Å². The van der Waals surface area contributed by atoms with Crippen LogP contribution >= 0.6 is 7.82 Å². The molecule has 0 radical (unpaired) electrons. The summed E-state index contributed by atoms with van der Waals surface area (Å²) in [4.78, 5) is 23.3. The highest BCUT2D eigenvalue weighted by Gasteiger charge is 2.27. The van der Waals surface area contributed by atoms with E-state index in [9.17, 15) is 19.4 Å². The van der Waals surface area contributed by atoms with Gasteiger partial charge in [-0.2, -0.15) is 0 Å². The second-order valence-electron chi connectivity index (χ2n) is 22.4. The van der Waals surface area contributed by atoms with Gasteiger partial charge in [0.1, 0.15) is 13.2 Å². The molecule has 0 rings (SSSR count). The summed E-state index contributed by atoms with van der Waals surface area (Å²) >= 11 is 0. The van der Waals surface area contributed by atoms with E-state index in [4.69, 9.17) is 9.05 Å². The zero-order chi connectivity index (χ0) is 53.5. The van der Waals surface area contributed by atoms with E-state index in [0.29, 0.717) is 17.4 Å². The number of aliphatic hydroxyl groups is 1. The second-order valence-corrected chi connectivity index (χ2v) is 23.9. The lowest BCUT2D eigenvalue weighted by Crippen LogP contribution is -2.45. The number of unbranched alkanes of at least 4 members (excludes halogenated alkanes) is 36. The number of carbonyl (C=O) groups is 1. The number of nitrogens with one attached hydrogen (secondary N) is 1. The van der Waals surface area contributed by atoms with E-state index in [-0.39, 0.29) is 19.1 Å². The minimum Gasteiger partial charge on any atom is -0.387 e. The van der Waals surface area contributed by atoms with Crippen LogP contribution in [0, 0.1) is 0 Å². The van der Waals surface area contributed by atoms with E-state index < -0.39 is 20.0 Å². The predicted molar refractivity (Wildman–Crippen MR) is 318 cm³/mol. The van der Waals surface area contributed by atoms with Gasteiger partial charge in [0.05, 0.1) is 39.9 Å². The van der Waals surface area contributed by atoms with Crippen LogP contribution in [0.2, 0.25) is 0 Å². The number of quaternary nitrogens is 1. The van der Waals surface area contributed by atoms with Gasteiger partial charge in [-0.3, -0.25) is 13.8 Å². The molecule has 3 atom stereocenters. The molecule has 73 heavy (non-hydrogen) atoms. The number of nitrogens with zero attached hydrogens (tertiary/aromatic N) is 1. The minimum absolute atomic E-state index is 0.0552. The van der Waals surface area contributed by atoms with Crippen LogP contribution in [0.1, 0.15) is 290 Å². The molecular formula is C64H122N2O6P+. The van der Waals surface area contributed by atoms with Gasteiger partial charge in [0.15, 0.2) is 0 Å².